The van der Waals surface area contributed by atoms with E-state index in [0.29, 0.717) is 29.2 Å². The lowest BCUT2D eigenvalue weighted by Gasteiger charge is -2.35. The summed E-state index contributed by atoms with van der Waals surface area (Å²) < 4.78 is 5.38. The van der Waals surface area contributed by atoms with Crippen molar-refractivity contribution in [2.24, 2.45) is 0 Å². The van der Waals surface area contributed by atoms with Crippen LogP contribution in [0.5, 0.6) is 0 Å². The van der Waals surface area contributed by atoms with Crippen molar-refractivity contribution in [3.05, 3.63) is 63.7 Å². The molecule has 0 aliphatic heterocycles. The first-order valence-corrected chi connectivity index (χ1v) is 14.3. The van der Waals surface area contributed by atoms with Crippen LogP contribution < -0.4 is 10.6 Å². The third-order valence-corrected chi connectivity index (χ3v) is 6.89. The fourth-order valence-corrected chi connectivity index (χ4v) is 4.82. The molecule has 2 N–H and O–H groups in total. The monoisotopic (exact) mass is 575 g/mol. The van der Waals surface area contributed by atoms with Crippen LogP contribution in [-0.2, 0) is 14.3 Å². The van der Waals surface area contributed by atoms with Crippen LogP contribution in [0.3, 0.4) is 0 Å². The number of halogens is 1. The fraction of sp³-hybridized carbons (Fsp3) is 0.500. The zero-order valence-corrected chi connectivity index (χ0v) is 25.7. The summed E-state index contributed by atoms with van der Waals surface area (Å²) in [6, 6.07) is 9.22. The van der Waals surface area contributed by atoms with E-state index in [1.165, 1.54) is 0 Å². The summed E-state index contributed by atoms with van der Waals surface area (Å²) in [6.07, 6.45) is 1.78. The molecule has 0 radical (unpaired) electrons. The molecule has 39 heavy (non-hydrogen) atoms. The predicted octanol–water partition coefficient (Wildman–Crippen LogP) is 6.79. The summed E-state index contributed by atoms with van der Waals surface area (Å²) >= 11 is 10.8. The lowest BCUT2D eigenvalue weighted by molar-refractivity contribution is -0.140. The number of nitrogens with zero attached hydrogens (tertiary/aromatic N) is 1. The number of benzene rings is 2. The van der Waals surface area contributed by atoms with Crippen molar-refractivity contribution in [2.45, 2.75) is 85.4 Å². The Morgan fingerprint density at radius 2 is 1.74 bits per heavy atom. The molecule has 0 saturated carbocycles. The number of ether oxygens (including phenoxy) is 1. The van der Waals surface area contributed by atoms with E-state index in [1.807, 2.05) is 51.1 Å². The van der Waals surface area contributed by atoms with Crippen LogP contribution in [0, 0.1) is 20.8 Å². The van der Waals surface area contributed by atoms with Crippen LogP contribution in [0.15, 0.2) is 36.4 Å². The van der Waals surface area contributed by atoms with Crippen LogP contribution in [0.2, 0.25) is 5.02 Å². The van der Waals surface area contributed by atoms with Gasteiger partial charge in [-0.2, -0.15) is 12.6 Å². The molecular weight excluding hydrogens is 534 g/mol. The van der Waals surface area contributed by atoms with Gasteiger partial charge in [0.1, 0.15) is 17.7 Å². The molecule has 0 aliphatic rings. The summed E-state index contributed by atoms with van der Waals surface area (Å²) in [5.41, 5.74) is 3.19. The summed E-state index contributed by atoms with van der Waals surface area (Å²) in [5.74, 6) is -0.770. The maximum atomic E-state index is 14.1. The minimum Gasteiger partial charge on any atom is -0.444 e. The van der Waals surface area contributed by atoms with Crippen molar-refractivity contribution >= 4 is 47.8 Å². The molecule has 0 saturated heterocycles. The Balaban J connectivity index is 2.57. The molecule has 0 aliphatic carbocycles. The first-order valence-electron chi connectivity index (χ1n) is 13.3. The number of nitrogens with one attached hydrogen (secondary N) is 2. The number of rotatable bonds is 11. The number of amides is 3. The highest BCUT2D eigenvalue weighted by Crippen LogP contribution is 2.31. The van der Waals surface area contributed by atoms with Gasteiger partial charge in [-0.15, -0.1) is 0 Å². The van der Waals surface area contributed by atoms with Crippen molar-refractivity contribution in [3.63, 3.8) is 0 Å². The Bertz CT molecular complexity index is 1150. The molecule has 0 fully saturated rings. The molecule has 0 heterocycles. The number of alkyl carbamates (subject to hydrolysis) is 1. The summed E-state index contributed by atoms with van der Waals surface area (Å²) in [7, 11) is 0. The van der Waals surface area contributed by atoms with Gasteiger partial charge in [-0.1, -0.05) is 67.3 Å². The van der Waals surface area contributed by atoms with E-state index in [9.17, 15) is 14.4 Å². The summed E-state index contributed by atoms with van der Waals surface area (Å²) in [5, 5.41) is 6.04. The number of thiol groups is 1. The van der Waals surface area contributed by atoms with Gasteiger partial charge < -0.3 is 20.3 Å². The zero-order valence-electron chi connectivity index (χ0n) is 24.1. The lowest BCUT2D eigenvalue weighted by atomic mass is 9.96. The van der Waals surface area contributed by atoms with Crippen molar-refractivity contribution in [2.75, 3.05) is 17.6 Å². The number of unbranched alkanes of at least 4 members (excludes halogenated alkanes) is 2. The molecule has 2 aromatic carbocycles. The van der Waals surface area contributed by atoms with Gasteiger partial charge in [-0.05, 0) is 70.7 Å². The van der Waals surface area contributed by atoms with E-state index >= 15 is 0 Å². The van der Waals surface area contributed by atoms with Crippen molar-refractivity contribution < 1.29 is 19.1 Å². The second-order valence-corrected chi connectivity index (χ2v) is 11.6. The molecule has 0 spiro atoms. The maximum absolute atomic E-state index is 14.1. The average molecular weight is 576 g/mol. The van der Waals surface area contributed by atoms with Crippen molar-refractivity contribution in [1.29, 1.82) is 0 Å². The second-order valence-electron chi connectivity index (χ2n) is 10.8. The molecule has 2 unspecified atom stereocenters. The Labute approximate surface area is 243 Å². The minimum atomic E-state index is -0.993. The summed E-state index contributed by atoms with van der Waals surface area (Å²) in [4.78, 5) is 42.2. The number of hydrogen-bond acceptors (Lipinski definition) is 5. The molecule has 9 heteroatoms. The Kier molecular flexibility index (Phi) is 12.2. The van der Waals surface area contributed by atoms with Crippen LogP contribution in [0.25, 0.3) is 0 Å². The number of hydrogen-bond donors (Lipinski definition) is 3. The van der Waals surface area contributed by atoms with Crippen molar-refractivity contribution in [1.82, 2.24) is 10.2 Å². The zero-order chi connectivity index (χ0) is 29.3. The molecule has 2 rings (SSSR count). The topological polar surface area (TPSA) is 87.7 Å². The first kappa shape index (κ1) is 32.5. The quantitative estimate of drug-likeness (QED) is 0.203. The minimum absolute atomic E-state index is 0.0349. The van der Waals surface area contributed by atoms with Gasteiger partial charge in [0.15, 0.2) is 0 Å². The third-order valence-electron chi connectivity index (χ3n) is 6.21. The van der Waals surface area contributed by atoms with Gasteiger partial charge in [0.05, 0.1) is 10.7 Å². The highest BCUT2D eigenvalue weighted by molar-refractivity contribution is 7.80. The average Bonchev–Trinajstić information content (AvgIpc) is 2.83. The van der Waals surface area contributed by atoms with Gasteiger partial charge >= 0.3 is 6.09 Å². The smallest absolute Gasteiger partial charge is 0.408 e. The number of para-hydroxylation sites is 1. The number of carbonyl (C=O) groups excluding carboxylic acids is 3. The molecular formula is C30H42ClN3O4S. The molecule has 3 amide bonds. The van der Waals surface area contributed by atoms with Crippen molar-refractivity contribution in [3.8, 4) is 0 Å². The number of anilines is 1. The van der Waals surface area contributed by atoms with E-state index in [2.05, 4.69) is 30.2 Å². The van der Waals surface area contributed by atoms with Gasteiger partial charge in [0.2, 0.25) is 5.91 Å². The predicted molar refractivity (Wildman–Crippen MR) is 162 cm³/mol. The van der Waals surface area contributed by atoms with Crippen LogP contribution >= 0.6 is 24.2 Å². The molecule has 2 aromatic rings. The Hall–Kier alpha value is -2.71. The molecule has 214 valence electrons. The van der Waals surface area contributed by atoms with E-state index in [0.717, 1.165) is 29.5 Å². The highest BCUT2D eigenvalue weighted by atomic mass is 35.5. The molecule has 2 atom stereocenters. The van der Waals surface area contributed by atoms with Gasteiger partial charge in [0.25, 0.3) is 5.91 Å². The number of aryl methyl sites for hydroxylation is 3. The van der Waals surface area contributed by atoms with E-state index < -0.39 is 35.6 Å². The molecule has 0 aromatic heterocycles. The molecule has 7 nitrogen and oxygen atoms in total. The third kappa shape index (κ3) is 9.46. The normalized spacial score (nSPS) is 12.8. The van der Waals surface area contributed by atoms with Crippen LogP contribution in [-0.4, -0.2) is 46.7 Å². The van der Waals surface area contributed by atoms with E-state index in [1.54, 1.807) is 31.7 Å². The second kappa shape index (κ2) is 14.6. The van der Waals surface area contributed by atoms with E-state index in [4.69, 9.17) is 16.3 Å². The Morgan fingerprint density at radius 3 is 2.31 bits per heavy atom. The first-order chi connectivity index (χ1) is 18.3. The van der Waals surface area contributed by atoms with Gasteiger partial charge in [0, 0.05) is 12.3 Å². The lowest BCUT2D eigenvalue weighted by Crippen LogP contribution is -2.53. The standard InChI is InChI=1S/C30H42ClN3O4S/c1-8-9-10-16-34(28(36)24(18-39)32-29(37)38-30(5,6)7)26(22-15-14-19(2)17-21(22)4)27(35)33-25-20(3)12-11-13-23(25)31/h11-15,17,24,26,39H,8-10,16,18H2,1-7H3,(H,32,37)(H,33,35). The Morgan fingerprint density at radius 1 is 1.05 bits per heavy atom. The highest BCUT2D eigenvalue weighted by Gasteiger charge is 2.36. The summed E-state index contributed by atoms with van der Waals surface area (Å²) in [6.45, 7) is 13.4. The fourth-order valence-electron chi connectivity index (χ4n) is 4.30. The maximum Gasteiger partial charge on any atom is 0.408 e. The van der Waals surface area contributed by atoms with Gasteiger partial charge in [-0.3, -0.25) is 9.59 Å². The molecule has 0 bridgehead atoms. The van der Waals surface area contributed by atoms with Crippen LogP contribution in [0.1, 0.15) is 75.3 Å². The van der Waals surface area contributed by atoms with E-state index in [-0.39, 0.29) is 5.75 Å². The number of carbonyl (C=O) groups is 3. The SMILES string of the molecule is CCCCCN(C(=O)C(CS)NC(=O)OC(C)(C)C)C(C(=O)Nc1c(C)cccc1Cl)c1ccc(C)cc1C. The van der Waals surface area contributed by atoms with Gasteiger partial charge in [-0.25, -0.2) is 4.79 Å². The van der Waals surface area contributed by atoms with Crippen LogP contribution in [0.4, 0.5) is 10.5 Å². The largest absolute Gasteiger partial charge is 0.444 e.